The first-order chi connectivity index (χ1) is 13.1. The summed E-state index contributed by atoms with van der Waals surface area (Å²) in [6.07, 6.45) is 0. The van der Waals surface area contributed by atoms with E-state index in [-0.39, 0.29) is 22.6 Å². The van der Waals surface area contributed by atoms with Crippen LogP contribution < -0.4 is 10.1 Å². The van der Waals surface area contributed by atoms with E-state index in [9.17, 15) is 4.79 Å². The molecule has 4 rings (SSSR count). The van der Waals surface area contributed by atoms with Gasteiger partial charge in [0.05, 0.1) is 18.8 Å². The lowest BCUT2D eigenvalue weighted by Crippen LogP contribution is -2.51. The molecule has 0 spiro atoms. The molecule has 0 aliphatic carbocycles. The summed E-state index contributed by atoms with van der Waals surface area (Å²) >= 11 is 1.70. The Morgan fingerprint density at radius 1 is 1.19 bits per heavy atom. The smallest absolute Gasteiger partial charge is 0.237 e. The number of ether oxygens (including phenoxy) is 1. The summed E-state index contributed by atoms with van der Waals surface area (Å²) in [4.78, 5) is 16.7. The normalized spacial score (nSPS) is 25.0. The highest BCUT2D eigenvalue weighted by molar-refractivity contribution is 8.00. The summed E-state index contributed by atoms with van der Waals surface area (Å²) < 4.78 is 5.62. The molecule has 0 radical (unpaired) electrons. The van der Waals surface area contributed by atoms with Crippen molar-refractivity contribution in [2.24, 2.45) is 0 Å². The molecule has 0 aromatic heterocycles. The Morgan fingerprint density at radius 3 is 2.63 bits per heavy atom. The number of rotatable bonds is 4. The van der Waals surface area contributed by atoms with Crippen LogP contribution in [0.1, 0.15) is 37.9 Å². The second-order valence-corrected chi connectivity index (χ2v) is 8.44. The monoisotopic (exact) mass is 382 g/mol. The molecular weight excluding hydrogens is 356 g/mol. The third-order valence-electron chi connectivity index (χ3n) is 6.03. The zero-order valence-electron chi connectivity index (χ0n) is 16.3. The fourth-order valence-electron chi connectivity index (χ4n) is 4.53. The Bertz CT molecular complexity index is 880. The average molecular weight is 383 g/mol. The Morgan fingerprint density at radius 2 is 1.93 bits per heavy atom. The summed E-state index contributed by atoms with van der Waals surface area (Å²) in [6.45, 7) is 7.78. The van der Waals surface area contributed by atoms with Crippen molar-refractivity contribution in [3.8, 4) is 5.75 Å². The minimum absolute atomic E-state index is 0.0470. The van der Waals surface area contributed by atoms with Crippen molar-refractivity contribution in [1.29, 1.82) is 0 Å². The van der Waals surface area contributed by atoms with Crippen LogP contribution in [0, 0.1) is 0 Å². The van der Waals surface area contributed by atoms with Gasteiger partial charge in [-0.05, 0) is 37.1 Å². The number of carbonyl (C=O) groups is 1. The molecular formula is C22H26N2O2S. The SMILES string of the molecule is CCN(CC)C(=O)C1Sc2ccccc2C2Nc3c(OC)cccc3[C@@]12C. The Labute approximate surface area is 165 Å². The van der Waals surface area contributed by atoms with Gasteiger partial charge < -0.3 is 15.0 Å². The molecule has 142 valence electrons. The van der Waals surface area contributed by atoms with Crippen LogP contribution in [-0.2, 0) is 10.2 Å². The minimum atomic E-state index is -0.345. The molecule has 0 bridgehead atoms. The van der Waals surface area contributed by atoms with Crippen LogP contribution in [0.4, 0.5) is 5.69 Å². The van der Waals surface area contributed by atoms with Gasteiger partial charge in [-0.2, -0.15) is 0 Å². The maximum absolute atomic E-state index is 13.5. The zero-order valence-corrected chi connectivity index (χ0v) is 17.1. The molecule has 0 saturated heterocycles. The summed E-state index contributed by atoms with van der Waals surface area (Å²) in [5.74, 6) is 1.05. The molecule has 2 aliphatic heterocycles. The van der Waals surface area contributed by atoms with Crippen LogP contribution in [-0.4, -0.2) is 36.3 Å². The summed E-state index contributed by atoms with van der Waals surface area (Å²) in [5, 5.41) is 3.52. The number of methoxy groups -OCH3 is 1. The third kappa shape index (κ3) is 2.55. The average Bonchev–Trinajstić information content (AvgIpc) is 3.02. The number of carbonyl (C=O) groups excluding carboxylic acids is 1. The van der Waals surface area contributed by atoms with Crippen LogP contribution in [0.2, 0.25) is 0 Å². The first-order valence-corrected chi connectivity index (χ1v) is 10.4. The Hall–Kier alpha value is -2.14. The van der Waals surface area contributed by atoms with Crippen molar-refractivity contribution in [3.63, 3.8) is 0 Å². The second kappa shape index (κ2) is 6.79. The van der Waals surface area contributed by atoms with Crippen LogP contribution in [0.5, 0.6) is 5.75 Å². The molecule has 0 fully saturated rings. The topological polar surface area (TPSA) is 41.6 Å². The van der Waals surface area contributed by atoms with Gasteiger partial charge in [0.2, 0.25) is 5.91 Å². The minimum Gasteiger partial charge on any atom is -0.495 e. The van der Waals surface area contributed by atoms with Gasteiger partial charge in [-0.15, -0.1) is 11.8 Å². The van der Waals surface area contributed by atoms with Gasteiger partial charge in [-0.25, -0.2) is 0 Å². The standard InChI is InChI=1S/C22H26N2O2S/c1-5-24(6-2)21(25)20-22(3)15-11-9-12-16(26-4)18(15)23-19(22)14-10-7-8-13-17(14)27-20/h7-13,19-20,23H,5-6H2,1-4H3/t19?,20?,22-/m1/s1. The number of nitrogens with one attached hydrogen (secondary N) is 1. The molecule has 2 heterocycles. The number of hydrogen-bond acceptors (Lipinski definition) is 4. The van der Waals surface area contributed by atoms with E-state index in [1.807, 2.05) is 30.9 Å². The zero-order chi connectivity index (χ0) is 19.2. The number of anilines is 1. The highest BCUT2D eigenvalue weighted by atomic mass is 32.2. The molecule has 2 unspecified atom stereocenters. The van der Waals surface area contributed by atoms with Gasteiger partial charge >= 0.3 is 0 Å². The molecule has 1 amide bonds. The summed E-state index contributed by atoms with van der Waals surface area (Å²) in [5.41, 5.74) is 3.09. The fraction of sp³-hybridized carbons (Fsp3) is 0.409. The lowest BCUT2D eigenvalue weighted by molar-refractivity contribution is -0.131. The molecule has 27 heavy (non-hydrogen) atoms. The van der Waals surface area contributed by atoms with E-state index in [0.717, 1.165) is 24.5 Å². The van der Waals surface area contributed by atoms with Gasteiger partial charge in [-0.1, -0.05) is 37.3 Å². The quantitative estimate of drug-likeness (QED) is 0.848. The predicted octanol–water partition coefficient (Wildman–Crippen LogP) is 4.46. The number of hydrogen-bond donors (Lipinski definition) is 1. The number of para-hydroxylation sites is 1. The van der Waals surface area contributed by atoms with Gasteiger partial charge in [0, 0.05) is 23.4 Å². The first kappa shape index (κ1) is 18.2. The number of thioether (sulfide) groups is 1. The Balaban J connectivity index is 1.91. The van der Waals surface area contributed by atoms with Gasteiger partial charge in [0.15, 0.2) is 0 Å². The lowest BCUT2D eigenvalue weighted by atomic mass is 9.72. The van der Waals surface area contributed by atoms with Crippen LogP contribution in [0.15, 0.2) is 47.4 Å². The number of nitrogens with zero attached hydrogens (tertiary/aromatic N) is 1. The maximum atomic E-state index is 13.5. The number of benzene rings is 2. The van der Waals surface area contributed by atoms with E-state index >= 15 is 0 Å². The summed E-state index contributed by atoms with van der Waals surface area (Å²) in [7, 11) is 1.70. The molecule has 4 nitrogen and oxygen atoms in total. The molecule has 0 saturated carbocycles. The highest BCUT2D eigenvalue weighted by Gasteiger charge is 2.56. The van der Waals surface area contributed by atoms with E-state index in [1.165, 1.54) is 16.0 Å². The fourth-order valence-corrected chi connectivity index (χ4v) is 6.02. The second-order valence-electron chi connectivity index (χ2n) is 7.29. The molecule has 2 aromatic carbocycles. The largest absolute Gasteiger partial charge is 0.495 e. The van der Waals surface area contributed by atoms with Crippen molar-refractivity contribution in [3.05, 3.63) is 53.6 Å². The van der Waals surface area contributed by atoms with Crippen molar-refractivity contribution in [2.45, 2.75) is 42.4 Å². The number of fused-ring (bicyclic) bond motifs is 5. The van der Waals surface area contributed by atoms with Crippen LogP contribution >= 0.6 is 11.8 Å². The maximum Gasteiger partial charge on any atom is 0.237 e. The van der Waals surface area contributed by atoms with Crippen molar-refractivity contribution in [1.82, 2.24) is 4.90 Å². The van der Waals surface area contributed by atoms with E-state index in [2.05, 4.69) is 42.6 Å². The molecule has 2 aliphatic rings. The van der Waals surface area contributed by atoms with Gasteiger partial charge in [-0.3, -0.25) is 4.79 Å². The lowest BCUT2D eigenvalue weighted by Gasteiger charge is -2.44. The van der Waals surface area contributed by atoms with E-state index < -0.39 is 0 Å². The number of amides is 1. The predicted molar refractivity (Wildman–Crippen MR) is 111 cm³/mol. The Kier molecular flexibility index (Phi) is 4.58. The molecule has 5 heteroatoms. The van der Waals surface area contributed by atoms with E-state index in [0.29, 0.717) is 0 Å². The highest BCUT2D eigenvalue weighted by Crippen LogP contribution is 2.61. The molecule has 1 N–H and O–H groups in total. The molecule has 2 aromatic rings. The van der Waals surface area contributed by atoms with Crippen LogP contribution in [0.25, 0.3) is 0 Å². The van der Waals surface area contributed by atoms with Crippen molar-refractivity contribution in [2.75, 3.05) is 25.5 Å². The van der Waals surface area contributed by atoms with Gasteiger partial charge in [0.1, 0.15) is 11.0 Å². The van der Waals surface area contributed by atoms with Crippen molar-refractivity contribution < 1.29 is 9.53 Å². The van der Waals surface area contributed by atoms with E-state index in [4.69, 9.17) is 4.74 Å². The summed E-state index contributed by atoms with van der Waals surface area (Å²) in [6, 6.07) is 14.6. The van der Waals surface area contributed by atoms with Gasteiger partial charge in [0.25, 0.3) is 0 Å². The molecule has 3 atom stereocenters. The first-order valence-electron chi connectivity index (χ1n) is 9.54. The van der Waals surface area contributed by atoms with Crippen LogP contribution in [0.3, 0.4) is 0 Å². The van der Waals surface area contributed by atoms with Crippen molar-refractivity contribution >= 4 is 23.4 Å². The third-order valence-corrected chi connectivity index (χ3v) is 7.59. The van der Waals surface area contributed by atoms with E-state index in [1.54, 1.807) is 18.9 Å².